The van der Waals surface area contributed by atoms with Gasteiger partial charge in [-0.05, 0) is 130 Å². The number of aryl methyl sites for hydroxylation is 1. The first kappa shape index (κ1) is 24.0. The lowest BCUT2D eigenvalue weighted by molar-refractivity contribution is 0.152. The molecule has 1 heteroatoms. The van der Waals surface area contributed by atoms with E-state index < -0.39 is 0 Å². The predicted molar refractivity (Wildman–Crippen MR) is 135 cm³/mol. The highest BCUT2D eigenvalue weighted by atomic mass is 19.1. The van der Waals surface area contributed by atoms with E-state index in [1.807, 2.05) is 12.1 Å². The first-order valence-corrected chi connectivity index (χ1v) is 14.1. The molecule has 0 saturated heterocycles. The van der Waals surface area contributed by atoms with Gasteiger partial charge in [-0.1, -0.05) is 56.9 Å². The molecule has 0 aromatic heterocycles. The van der Waals surface area contributed by atoms with Crippen LogP contribution in [0.15, 0.2) is 36.4 Å². The molecule has 0 unspecified atom stereocenters. The third kappa shape index (κ3) is 7.19. The zero-order valence-corrected chi connectivity index (χ0v) is 20.6. The van der Waals surface area contributed by atoms with E-state index in [4.69, 9.17) is 0 Å². The molecule has 3 aliphatic carbocycles. The molecule has 3 saturated carbocycles. The van der Waals surface area contributed by atoms with Crippen molar-refractivity contribution in [1.82, 2.24) is 0 Å². The fraction of sp³-hybridized carbons (Fsp3) is 0.742. The summed E-state index contributed by atoms with van der Waals surface area (Å²) < 4.78 is 13.1. The molecule has 3 aliphatic rings. The molecular formula is C31H47F. The number of benzene rings is 1. The molecule has 0 heterocycles. The lowest BCUT2D eigenvalue weighted by Crippen LogP contribution is -2.25. The molecule has 3 fully saturated rings. The van der Waals surface area contributed by atoms with Gasteiger partial charge in [-0.3, -0.25) is 0 Å². The second-order valence-electron chi connectivity index (χ2n) is 11.6. The van der Waals surface area contributed by atoms with E-state index in [-0.39, 0.29) is 5.82 Å². The zero-order valence-electron chi connectivity index (χ0n) is 20.6. The van der Waals surface area contributed by atoms with Crippen LogP contribution in [-0.4, -0.2) is 0 Å². The Bertz CT molecular complexity index is 665. The standard InChI is InChI=1S/C31H47F/c1-2-3-24-12-18-29(19-13-24)30-20-14-27(15-21-30)10-8-25-4-6-26(7-5-25)9-11-28-16-22-31(32)23-17-28/h8,10,16-17,22-27,29-30H,2-7,9,11-15,18-21H2,1H3/t24-,25-,26-,27-,29-,30-. The summed E-state index contributed by atoms with van der Waals surface area (Å²) in [5.74, 6) is 5.57. The highest BCUT2D eigenvalue weighted by molar-refractivity contribution is 5.16. The Morgan fingerprint density at radius 2 is 1.12 bits per heavy atom. The van der Waals surface area contributed by atoms with E-state index in [0.29, 0.717) is 0 Å². The summed E-state index contributed by atoms with van der Waals surface area (Å²) in [6, 6.07) is 7.11. The van der Waals surface area contributed by atoms with E-state index in [2.05, 4.69) is 19.1 Å². The van der Waals surface area contributed by atoms with Crippen LogP contribution in [-0.2, 0) is 6.42 Å². The Morgan fingerprint density at radius 3 is 1.69 bits per heavy atom. The van der Waals surface area contributed by atoms with Crippen molar-refractivity contribution in [2.45, 2.75) is 110 Å². The molecule has 32 heavy (non-hydrogen) atoms. The van der Waals surface area contributed by atoms with Gasteiger partial charge < -0.3 is 0 Å². The smallest absolute Gasteiger partial charge is 0.123 e. The summed E-state index contributed by atoms with van der Waals surface area (Å²) in [7, 11) is 0. The van der Waals surface area contributed by atoms with Crippen LogP contribution >= 0.6 is 0 Å². The molecule has 178 valence electrons. The molecule has 0 bridgehead atoms. The Kier molecular flexibility index (Phi) is 9.30. The largest absolute Gasteiger partial charge is 0.207 e. The third-order valence-electron chi connectivity index (χ3n) is 9.37. The SMILES string of the molecule is CCC[C@H]1CC[C@H]([C@H]2CC[C@H](C=C[C@H]3CC[C@H](CCc4ccc(F)cc4)CC3)CC2)CC1. The van der Waals surface area contributed by atoms with Gasteiger partial charge in [0.2, 0.25) is 0 Å². The molecule has 0 spiro atoms. The average molecular weight is 439 g/mol. The van der Waals surface area contributed by atoms with Crippen LogP contribution in [0.5, 0.6) is 0 Å². The van der Waals surface area contributed by atoms with Crippen molar-refractivity contribution in [3.8, 4) is 0 Å². The van der Waals surface area contributed by atoms with Gasteiger partial charge in [0.05, 0.1) is 0 Å². The highest BCUT2D eigenvalue weighted by Gasteiger charge is 2.30. The van der Waals surface area contributed by atoms with Crippen LogP contribution in [0.3, 0.4) is 0 Å². The van der Waals surface area contributed by atoms with Gasteiger partial charge >= 0.3 is 0 Å². The molecule has 0 atom stereocenters. The van der Waals surface area contributed by atoms with Crippen molar-refractivity contribution in [2.24, 2.45) is 35.5 Å². The summed E-state index contributed by atoms with van der Waals surface area (Å²) in [6.07, 6.45) is 27.9. The summed E-state index contributed by atoms with van der Waals surface area (Å²) in [4.78, 5) is 0. The molecule has 0 nitrogen and oxygen atoms in total. The number of hydrogen-bond acceptors (Lipinski definition) is 0. The molecule has 0 aliphatic heterocycles. The fourth-order valence-electron chi connectivity index (χ4n) is 7.17. The summed E-state index contributed by atoms with van der Waals surface area (Å²) in [6.45, 7) is 2.35. The minimum absolute atomic E-state index is 0.121. The normalized spacial score (nSPS) is 34.1. The maximum Gasteiger partial charge on any atom is 0.123 e. The van der Waals surface area contributed by atoms with Crippen molar-refractivity contribution in [1.29, 1.82) is 0 Å². The molecule has 0 N–H and O–H groups in total. The van der Waals surface area contributed by atoms with Gasteiger partial charge in [-0.25, -0.2) is 4.39 Å². The van der Waals surface area contributed by atoms with Crippen LogP contribution in [0, 0.1) is 41.3 Å². The average Bonchev–Trinajstić information content (AvgIpc) is 2.84. The van der Waals surface area contributed by atoms with Crippen LogP contribution in [0.25, 0.3) is 0 Å². The highest BCUT2D eigenvalue weighted by Crippen LogP contribution is 2.42. The predicted octanol–water partition coefficient (Wildman–Crippen LogP) is 9.53. The molecule has 0 amide bonds. The van der Waals surface area contributed by atoms with E-state index >= 15 is 0 Å². The second-order valence-corrected chi connectivity index (χ2v) is 11.6. The first-order chi connectivity index (χ1) is 15.7. The van der Waals surface area contributed by atoms with E-state index in [0.717, 1.165) is 41.9 Å². The maximum absolute atomic E-state index is 13.1. The first-order valence-electron chi connectivity index (χ1n) is 14.1. The Hall–Kier alpha value is -1.11. The molecule has 0 radical (unpaired) electrons. The molecule has 1 aromatic rings. The summed E-state index contributed by atoms with van der Waals surface area (Å²) in [5, 5.41) is 0. The van der Waals surface area contributed by atoms with E-state index in [1.165, 1.54) is 102 Å². The van der Waals surface area contributed by atoms with E-state index in [9.17, 15) is 4.39 Å². The molecular weight excluding hydrogens is 391 g/mol. The van der Waals surface area contributed by atoms with Crippen molar-refractivity contribution in [3.05, 3.63) is 47.8 Å². The van der Waals surface area contributed by atoms with Crippen LogP contribution in [0.4, 0.5) is 4.39 Å². The van der Waals surface area contributed by atoms with Crippen LogP contribution in [0.2, 0.25) is 0 Å². The molecule has 1 aromatic carbocycles. The number of rotatable bonds is 8. The number of hydrogen-bond donors (Lipinski definition) is 0. The van der Waals surface area contributed by atoms with Gasteiger partial charge in [-0.2, -0.15) is 0 Å². The topological polar surface area (TPSA) is 0 Å². The lowest BCUT2D eigenvalue weighted by Gasteiger charge is -2.37. The fourth-order valence-corrected chi connectivity index (χ4v) is 7.17. The second kappa shape index (κ2) is 12.4. The minimum Gasteiger partial charge on any atom is -0.207 e. The van der Waals surface area contributed by atoms with Crippen molar-refractivity contribution >= 4 is 0 Å². The van der Waals surface area contributed by atoms with Gasteiger partial charge in [0.1, 0.15) is 5.82 Å². The van der Waals surface area contributed by atoms with E-state index in [1.54, 1.807) is 12.1 Å². The number of halogens is 1. The van der Waals surface area contributed by atoms with Gasteiger partial charge in [-0.15, -0.1) is 0 Å². The Labute approximate surface area is 197 Å². The minimum atomic E-state index is -0.121. The van der Waals surface area contributed by atoms with Crippen LogP contribution < -0.4 is 0 Å². The quantitative estimate of drug-likeness (QED) is 0.354. The van der Waals surface area contributed by atoms with Gasteiger partial charge in [0.25, 0.3) is 0 Å². The van der Waals surface area contributed by atoms with Crippen molar-refractivity contribution < 1.29 is 4.39 Å². The third-order valence-corrected chi connectivity index (χ3v) is 9.37. The summed E-state index contributed by atoms with van der Waals surface area (Å²) in [5.41, 5.74) is 1.29. The van der Waals surface area contributed by atoms with Crippen molar-refractivity contribution in [3.63, 3.8) is 0 Å². The summed E-state index contributed by atoms with van der Waals surface area (Å²) >= 11 is 0. The Balaban J connectivity index is 1.10. The maximum atomic E-state index is 13.1. The molecule has 4 rings (SSSR count). The number of allylic oxidation sites excluding steroid dienone is 2. The Morgan fingerprint density at radius 1 is 0.656 bits per heavy atom. The van der Waals surface area contributed by atoms with Gasteiger partial charge in [0, 0.05) is 0 Å². The zero-order chi connectivity index (χ0) is 22.2. The lowest BCUT2D eigenvalue weighted by atomic mass is 9.68. The monoisotopic (exact) mass is 438 g/mol. The van der Waals surface area contributed by atoms with Crippen LogP contribution in [0.1, 0.15) is 109 Å². The van der Waals surface area contributed by atoms with Gasteiger partial charge in [0.15, 0.2) is 0 Å². The van der Waals surface area contributed by atoms with Crippen molar-refractivity contribution in [2.75, 3.05) is 0 Å².